The number of nitrogens with one attached hydrogen (secondary N) is 1. The SMILES string of the molecule is CCc1csc(NCCOCCO)n1. The lowest BCUT2D eigenvalue weighted by molar-refractivity contribution is 0.0992. The summed E-state index contributed by atoms with van der Waals surface area (Å²) in [5.41, 5.74) is 1.12. The summed E-state index contributed by atoms with van der Waals surface area (Å²) in [5.74, 6) is 0. The van der Waals surface area contributed by atoms with E-state index in [0.29, 0.717) is 13.2 Å². The molecule has 1 rings (SSSR count). The molecule has 0 amide bonds. The van der Waals surface area contributed by atoms with Crippen LogP contribution >= 0.6 is 11.3 Å². The van der Waals surface area contributed by atoms with Gasteiger partial charge in [-0.25, -0.2) is 4.98 Å². The quantitative estimate of drug-likeness (QED) is 0.671. The molecule has 0 unspecified atom stereocenters. The van der Waals surface area contributed by atoms with Gasteiger partial charge in [0.05, 0.1) is 25.5 Å². The van der Waals surface area contributed by atoms with Gasteiger partial charge in [0.15, 0.2) is 5.13 Å². The van der Waals surface area contributed by atoms with Crippen molar-refractivity contribution in [1.82, 2.24) is 4.98 Å². The Bertz CT molecular complexity index is 253. The molecule has 0 fully saturated rings. The van der Waals surface area contributed by atoms with Gasteiger partial charge in [0.25, 0.3) is 0 Å². The second kappa shape index (κ2) is 6.75. The van der Waals surface area contributed by atoms with Gasteiger partial charge in [-0.05, 0) is 6.42 Å². The smallest absolute Gasteiger partial charge is 0.182 e. The van der Waals surface area contributed by atoms with Crippen LogP contribution in [0.2, 0.25) is 0 Å². The fourth-order valence-electron chi connectivity index (χ4n) is 0.947. The van der Waals surface area contributed by atoms with E-state index in [1.165, 1.54) is 0 Å². The number of aryl methyl sites for hydroxylation is 1. The van der Waals surface area contributed by atoms with E-state index in [-0.39, 0.29) is 6.61 Å². The van der Waals surface area contributed by atoms with Crippen LogP contribution in [0.1, 0.15) is 12.6 Å². The lowest BCUT2D eigenvalue weighted by atomic mass is 10.4. The van der Waals surface area contributed by atoms with E-state index in [9.17, 15) is 0 Å². The number of aliphatic hydroxyl groups is 1. The number of nitrogens with zero attached hydrogens (tertiary/aromatic N) is 1. The van der Waals surface area contributed by atoms with Crippen LogP contribution in [0.15, 0.2) is 5.38 Å². The van der Waals surface area contributed by atoms with E-state index in [1.54, 1.807) is 11.3 Å². The van der Waals surface area contributed by atoms with Crippen molar-refractivity contribution in [3.05, 3.63) is 11.1 Å². The number of rotatable bonds is 7. The van der Waals surface area contributed by atoms with Crippen LogP contribution in [0.4, 0.5) is 5.13 Å². The summed E-state index contributed by atoms with van der Waals surface area (Å²) >= 11 is 1.61. The van der Waals surface area contributed by atoms with Gasteiger partial charge in [0.1, 0.15) is 0 Å². The molecule has 4 nitrogen and oxygen atoms in total. The first-order valence-corrected chi connectivity index (χ1v) is 5.61. The molecular weight excluding hydrogens is 200 g/mol. The molecule has 14 heavy (non-hydrogen) atoms. The average molecular weight is 216 g/mol. The van der Waals surface area contributed by atoms with Gasteiger partial charge in [-0.3, -0.25) is 0 Å². The molecule has 1 aromatic rings. The maximum absolute atomic E-state index is 8.46. The van der Waals surface area contributed by atoms with Crippen molar-refractivity contribution in [2.45, 2.75) is 13.3 Å². The molecular formula is C9H16N2O2S. The highest BCUT2D eigenvalue weighted by Gasteiger charge is 1.98. The Labute approximate surface area is 87.9 Å². The molecule has 0 bridgehead atoms. The summed E-state index contributed by atoms with van der Waals surface area (Å²) < 4.78 is 5.10. The highest BCUT2D eigenvalue weighted by Crippen LogP contribution is 2.14. The number of anilines is 1. The molecule has 1 heterocycles. The average Bonchev–Trinajstić information content (AvgIpc) is 2.65. The zero-order chi connectivity index (χ0) is 10.2. The van der Waals surface area contributed by atoms with Crippen LogP contribution in [0.5, 0.6) is 0 Å². The van der Waals surface area contributed by atoms with Crippen LogP contribution in [-0.4, -0.2) is 36.5 Å². The van der Waals surface area contributed by atoms with Crippen molar-refractivity contribution in [2.75, 3.05) is 31.7 Å². The first-order chi connectivity index (χ1) is 6.86. The van der Waals surface area contributed by atoms with Crippen molar-refractivity contribution < 1.29 is 9.84 Å². The van der Waals surface area contributed by atoms with Gasteiger partial charge >= 0.3 is 0 Å². The molecule has 0 atom stereocenters. The predicted octanol–water partition coefficient (Wildman–Crippen LogP) is 1.13. The summed E-state index contributed by atoms with van der Waals surface area (Å²) in [6.07, 6.45) is 0.971. The number of thiazole rings is 1. The zero-order valence-corrected chi connectivity index (χ0v) is 9.14. The summed E-state index contributed by atoms with van der Waals surface area (Å²) in [7, 11) is 0. The minimum atomic E-state index is 0.0806. The number of aliphatic hydroxyl groups excluding tert-OH is 1. The van der Waals surface area contributed by atoms with Gasteiger partial charge in [0, 0.05) is 11.9 Å². The summed E-state index contributed by atoms with van der Waals surface area (Å²) in [4.78, 5) is 4.35. The molecule has 5 heteroatoms. The Morgan fingerprint density at radius 3 is 3.07 bits per heavy atom. The standard InChI is InChI=1S/C9H16N2O2S/c1-2-8-7-14-9(11-8)10-3-5-13-6-4-12/h7,12H,2-6H2,1H3,(H,10,11). The molecule has 0 aliphatic rings. The van der Waals surface area contributed by atoms with Gasteiger partial charge in [-0.15, -0.1) is 11.3 Å². The third-order valence-electron chi connectivity index (χ3n) is 1.67. The van der Waals surface area contributed by atoms with E-state index in [0.717, 1.165) is 23.8 Å². The van der Waals surface area contributed by atoms with Gasteiger partial charge in [-0.1, -0.05) is 6.92 Å². The normalized spacial score (nSPS) is 10.4. The largest absolute Gasteiger partial charge is 0.394 e. The lowest BCUT2D eigenvalue weighted by Gasteiger charge is -2.02. The number of aromatic nitrogens is 1. The van der Waals surface area contributed by atoms with Gasteiger partial charge < -0.3 is 15.2 Å². The van der Waals surface area contributed by atoms with Crippen molar-refractivity contribution >= 4 is 16.5 Å². The zero-order valence-electron chi connectivity index (χ0n) is 8.32. The number of hydrogen-bond donors (Lipinski definition) is 2. The maximum atomic E-state index is 8.46. The highest BCUT2D eigenvalue weighted by molar-refractivity contribution is 7.13. The first kappa shape index (κ1) is 11.4. The van der Waals surface area contributed by atoms with Crippen molar-refractivity contribution in [3.63, 3.8) is 0 Å². The predicted molar refractivity (Wildman–Crippen MR) is 57.9 cm³/mol. The molecule has 0 saturated heterocycles. The third kappa shape index (κ3) is 4.04. The number of hydrogen-bond acceptors (Lipinski definition) is 5. The minimum absolute atomic E-state index is 0.0806. The summed E-state index contributed by atoms with van der Waals surface area (Å²) in [6.45, 7) is 3.90. The molecule has 0 saturated carbocycles. The second-order valence-electron chi connectivity index (χ2n) is 2.76. The molecule has 1 aromatic heterocycles. The Morgan fingerprint density at radius 2 is 2.43 bits per heavy atom. The summed E-state index contributed by atoms with van der Waals surface area (Å²) in [6, 6.07) is 0. The van der Waals surface area contributed by atoms with Crippen molar-refractivity contribution in [3.8, 4) is 0 Å². The molecule has 0 aromatic carbocycles. The lowest BCUT2D eigenvalue weighted by Crippen LogP contribution is -2.11. The Kier molecular flexibility index (Phi) is 5.51. The van der Waals surface area contributed by atoms with Crippen LogP contribution < -0.4 is 5.32 Å². The Hall–Kier alpha value is -0.650. The monoisotopic (exact) mass is 216 g/mol. The Morgan fingerprint density at radius 1 is 1.57 bits per heavy atom. The van der Waals surface area contributed by atoms with E-state index in [4.69, 9.17) is 9.84 Å². The molecule has 0 aliphatic carbocycles. The second-order valence-corrected chi connectivity index (χ2v) is 3.62. The van der Waals surface area contributed by atoms with Crippen LogP contribution in [0.25, 0.3) is 0 Å². The molecule has 80 valence electrons. The Balaban J connectivity index is 2.12. The summed E-state index contributed by atoms with van der Waals surface area (Å²) in [5, 5.41) is 14.6. The number of ether oxygens (including phenoxy) is 1. The molecule has 0 radical (unpaired) electrons. The molecule has 0 aliphatic heterocycles. The van der Waals surface area contributed by atoms with Crippen molar-refractivity contribution in [1.29, 1.82) is 0 Å². The van der Waals surface area contributed by atoms with E-state index >= 15 is 0 Å². The highest BCUT2D eigenvalue weighted by atomic mass is 32.1. The van der Waals surface area contributed by atoms with Crippen LogP contribution in [0, 0.1) is 0 Å². The fraction of sp³-hybridized carbons (Fsp3) is 0.667. The van der Waals surface area contributed by atoms with Crippen molar-refractivity contribution in [2.24, 2.45) is 0 Å². The van der Waals surface area contributed by atoms with Crippen LogP contribution in [-0.2, 0) is 11.2 Å². The van der Waals surface area contributed by atoms with E-state index < -0.39 is 0 Å². The maximum Gasteiger partial charge on any atom is 0.182 e. The third-order valence-corrected chi connectivity index (χ3v) is 2.52. The van der Waals surface area contributed by atoms with E-state index in [1.807, 2.05) is 0 Å². The first-order valence-electron chi connectivity index (χ1n) is 4.73. The molecule has 0 spiro atoms. The molecule has 2 N–H and O–H groups in total. The van der Waals surface area contributed by atoms with Gasteiger partial charge in [0.2, 0.25) is 0 Å². The van der Waals surface area contributed by atoms with E-state index in [2.05, 4.69) is 22.6 Å². The topological polar surface area (TPSA) is 54.4 Å². The minimum Gasteiger partial charge on any atom is -0.394 e. The van der Waals surface area contributed by atoms with Crippen LogP contribution in [0.3, 0.4) is 0 Å². The van der Waals surface area contributed by atoms with Gasteiger partial charge in [-0.2, -0.15) is 0 Å². The fourth-order valence-corrected chi connectivity index (χ4v) is 1.77.